The first kappa shape index (κ1) is 20.7. The van der Waals surface area contributed by atoms with E-state index in [1.54, 1.807) is 30.5 Å². The van der Waals surface area contributed by atoms with E-state index in [4.69, 9.17) is 39.0 Å². The Labute approximate surface area is 178 Å². The number of aliphatic imine (C=N–C) groups is 1. The third kappa shape index (κ3) is 4.86. The molecule has 0 saturated heterocycles. The highest BCUT2D eigenvalue weighted by Gasteiger charge is 2.20. The SMILES string of the molecule is Cc1ccc(N=Cc2cc(Cl)c(OS(=O)(=O)c3ccccc3)c(Cl)c2)cc1Cl. The minimum absolute atomic E-state index is 0.00372. The molecule has 0 radical (unpaired) electrons. The zero-order chi connectivity index (χ0) is 20.3. The van der Waals surface area contributed by atoms with Crippen LogP contribution in [0.15, 0.2) is 70.6 Å². The topological polar surface area (TPSA) is 55.7 Å². The van der Waals surface area contributed by atoms with E-state index in [0.717, 1.165) is 5.56 Å². The summed E-state index contributed by atoms with van der Waals surface area (Å²) < 4.78 is 29.9. The fraction of sp³-hybridized carbons (Fsp3) is 0.0500. The molecule has 0 amide bonds. The zero-order valence-corrected chi connectivity index (χ0v) is 17.6. The van der Waals surface area contributed by atoms with Gasteiger partial charge in [0.15, 0.2) is 5.75 Å². The lowest BCUT2D eigenvalue weighted by Gasteiger charge is -2.11. The molecule has 0 unspecified atom stereocenters. The van der Waals surface area contributed by atoms with Gasteiger partial charge in [0.1, 0.15) is 4.90 Å². The van der Waals surface area contributed by atoms with Crippen LogP contribution in [0.3, 0.4) is 0 Å². The molecule has 144 valence electrons. The lowest BCUT2D eigenvalue weighted by Crippen LogP contribution is -2.10. The molecule has 0 bridgehead atoms. The van der Waals surface area contributed by atoms with Gasteiger partial charge in [-0.05, 0) is 54.4 Å². The van der Waals surface area contributed by atoms with E-state index in [-0.39, 0.29) is 20.7 Å². The molecule has 0 atom stereocenters. The predicted octanol–water partition coefficient (Wildman–Crippen LogP) is 6.47. The van der Waals surface area contributed by atoms with Crippen LogP contribution in [-0.4, -0.2) is 14.6 Å². The molecule has 0 aliphatic carbocycles. The summed E-state index contributed by atoms with van der Waals surface area (Å²) in [6.07, 6.45) is 1.55. The Morgan fingerprint density at radius 3 is 2.14 bits per heavy atom. The molecule has 0 saturated carbocycles. The van der Waals surface area contributed by atoms with Gasteiger partial charge in [-0.2, -0.15) is 8.42 Å². The summed E-state index contributed by atoms with van der Waals surface area (Å²) in [6, 6.07) is 16.2. The predicted molar refractivity (Wildman–Crippen MR) is 114 cm³/mol. The van der Waals surface area contributed by atoms with Crippen LogP contribution in [0.5, 0.6) is 5.75 Å². The second kappa shape index (κ2) is 8.53. The number of benzene rings is 3. The first-order valence-corrected chi connectivity index (χ1v) is 10.6. The van der Waals surface area contributed by atoms with Crippen molar-refractivity contribution in [3.05, 3.63) is 86.9 Å². The highest BCUT2D eigenvalue weighted by molar-refractivity contribution is 7.87. The summed E-state index contributed by atoms with van der Waals surface area (Å²) in [6.45, 7) is 1.90. The van der Waals surface area contributed by atoms with E-state index in [2.05, 4.69) is 4.99 Å². The Morgan fingerprint density at radius 2 is 1.54 bits per heavy atom. The quantitative estimate of drug-likeness (QED) is 0.328. The second-order valence-electron chi connectivity index (χ2n) is 5.86. The monoisotopic (exact) mass is 453 g/mol. The molecule has 3 aromatic rings. The Balaban J connectivity index is 1.87. The van der Waals surface area contributed by atoms with Crippen molar-refractivity contribution in [3.8, 4) is 5.75 Å². The van der Waals surface area contributed by atoms with Gasteiger partial charge in [-0.15, -0.1) is 0 Å². The summed E-state index contributed by atoms with van der Waals surface area (Å²) in [5.41, 5.74) is 2.19. The van der Waals surface area contributed by atoms with Crippen molar-refractivity contribution in [1.82, 2.24) is 0 Å². The Hall–Kier alpha value is -2.05. The van der Waals surface area contributed by atoms with E-state index in [9.17, 15) is 8.42 Å². The first-order valence-electron chi connectivity index (χ1n) is 8.05. The average Bonchev–Trinajstić information content (AvgIpc) is 2.66. The van der Waals surface area contributed by atoms with Crippen molar-refractivity contribution in [2.45, 2.75) is 11.8 Å². The molecule has 28 heavy (non-hydrogen) atoms. The van der Waals surface area contributed by atoms with Crippen LogP contribution in [0.2, 0.25) is 15.1 Å². The van der Waals surface area contributed by atoms with Crippen LogP contribution < -0.4 is 4.18 Å². The maximum atomic E-state index is 12.4. The fourth-order valence-corrected chi connectivity index (χ4v) is 4.12. The van der Waals surface area contributed by atoms with Gasteiger partial charge in [-0.25, -0.2) is 0 Å². The summed E-state index contributed by atoms with van der Waals surface area (Å²) >= 11 is 18.5. The molecule has 3 aromatic carbocycles. The Kier molecular flexibility index (Phi) is 6.30. The van der Waals surface area contributed by atoms with Gasteiger partial charge in [0.25, 0.3) is 0 Å². The molecule has 0 aliphatic heterocycles. The number of hydrogen-bond donors (Lipinski definition) is 0. The maximum Gasteiger partial charge on any atom is 0.339 e. The highest BCUT2D eigenvalue weighted by atomic mass is 35.5. The van der Waals surface area contributed by atoms with E-state index in [1.165, 1.54) is 24.3 Å². The summed E-state index contributed by atoms with van der Waals surface area (Å²) in [5, 5.41) is 0.714. The molecular formula is C20H14Cl3NO3S. The summed E-state index contributed by atoms with van der Waals surface area (Å²) in [4.78, 5) is 4.33. The van der Waals surface area contributed by atoms with Crippen LogP contribution in [0.25, 0.3) is 0 Å². The Morgan fingerprint density at radius 1 is 0.893 bits per heavy atom. The van der Waals surface area contributed by atoms with E-state index in [1.807, 2.05) is 19.1 Å². The minimum atomic E-state index is -4.05. The molecule has 8 heteroatoms. The van der Waals surface area contributed by atoms with Crippen molar-refractivity contribution in [2.24, 2.45) is 4.99 Å². The van der Waals surface area contributed by atoms with Crippen molar-refractivity contribution in [1.29, 1.82) is 0 Å². The summed E-state index contributed by atoms with van der Waals surface area (Å²) in [7, 11) is -4.05. The van der Waals surface area contributed by atoms with Crippen LogP contribution >= 0.6 is 34.8 Å². The molecule has 0 fully saturated rings. The molecule has 0 heterocycles. The van der Waals surface area contributed by atoms with Crippen molar-refractivity contribution >= 4 is 56.8 Å². The normalized spacial score (nSPS) is 11.7. The van der Waals surface area contributed by atoms with Crippen LogP contribution in [0, 0.1) is 6.92 Å². The van der Waals surface area contributed by atoms with E-state index >= 15 is 0 Å². The number of halogens is 3. The van der Waals surface area contributed by atoms with Gasteiger partial charge in [0, 0.05) is 11.2 Å². The van der Waals surface area contributed by atoms with Gasteiger partial charge >= 0.3 is 10.1 Å². The molecule has 0 aliphatic rings. The van der Waals surface area contributed by atoms with Gasteiger partial charge in [0.2, 0.25) is 0 Å². The lowest BCUT2D eigenvalue weighted by molar-refractivity contribution is 0.486. The molecule has 0 spiro atoms. The van der Waals surface area contributed by atoms with Crippen molar-refractivity contribution < 1.29 is 12.6 Å². The van der Waals surface area contributed by atoms with Gasteiger partial charge < -0.3 is 4.18 Å². The minimum Gasteiger partial charge on any atom is -0.376 e. The first-order chi connectivity index (χ1) is 13.3. The number of rotatable bonds is 5. The van der Waals surface area contributed by atoms with Gasteiger partial charge in [-0.1, -0.05) is 59.1 Å². The van der Waals surface area contributed by atoms with Gasteiger partial charge in [-0.3, -0.25) is 4.99 Å². The maximum absolute atomic E-state index is 12.4. The van der Waals surface area contributed by atoms with Crippen LogP contribution in [-0.2, 0) is 10.1 Å². The number of aryl methyl sites for hydroxylation is 1. The number of hydrogen-bond acceptors (Lipinski definition) is 4. The van der Waals surface area contributed by atoms with Gasteiger partial charge in [0.05, 0.1) is 15.7 Å². The molecule has 0 N–H and O–H groups in total. The van der Waals surface area contributed by atoms with Crippen molar-refractivity contribution in [3.63, 3.8) is 0 Å². The zero-order valence-electron chi connectivity index (χ0n) is 14.6. The van der Waals surface area contributed by atoms with E-state index < -0.39 is 10.1 Å². The fourth-order valence-electron chi connectivity index (χ4n) is 2.29. The van der Waals surface area contributed by atoms with Crippen molar-refractivity contribution in [2.75, 3.05) is 0 Å². The molecule has 0 aromatic heterocycles. The average molecular weight is 455 g/mol. The smallest absolute Gasteiger partial charge is 0.339 e. The largest absolute Gasteiger partial charge is 0.376 e. The lowest BCUT2D eigenvalue weighted by atomic mass is 10.2. The van der Waals surface area contributed by atoms with Crippen LogP contribution in [0.4, 0.5) is 5.69 Å². The summed E-state index contributed by atoms with van der Waals surface area (Å²) in [5.74, 6) is -0.136. The van der Waals surface area contributed by atoms with Crippen LogP contribution in [0.1, 0.15) is 11.1 Å². The third-order valence-corrected chi connectivity index (χ3v) is 5.97. The highest BCUT2D eigenvalue weighted by Crippen LogP contribution is 2.36. The standard InChI is InChI=1S/C20H14Cl3NO3S/c1-13-7-8-15(11-17(13)21)24-12-14-9-18(22)20(19(23)10-14)27-28(25,26)16-5-3-2-4-6-16/h2-12H,1H3. The number of nitrogens with zero attached hydrogens (tertiary/aromatic N) is 1. The van der Waals surface area contributed by atoms with E-state index in [0.29, 0.717) is 16.3 Å². The molecule has 4 nitrogen and oxygen atoms in total. The molecular weight excluding hydrogens is 441 g/mol. The third-order valence-electron chi connectivity index (χ3n) is 3.76. The Bertz CT molecular complexity index is 1120. The molecule has 3 rings (SSSR count). The second-order valence-corrected chi connectivity index (χ2v) is 8.62.